The van der Waals surface area contributed by atoms with Gasteiger partial charge in [-0.2, -0.15) is 0 Å². The molecular formula is C37H36N2O4. The van der Waals surface area contributed by atoms with Crippen LogP contribution in [0.25, 0.3) is 44.1 Å². The van der Waals surface area contributed by atoms with Crippen LogP contribution < -0.4 is 0 Å². The van der Waals surface area contributed by atoms with Crippen molar-refractivity contribution in [1.29, 1.82) is 0 Å². The fourth-order valence-corrected chi connectivity index (χ4v) is 7.04. The van der Waals surface area contributed by atoms with Crippen LogP contribution in [0.1, 0.15) is 53.9 Å². The summed E-state index contributed by atoms with van der Waals surface area (Å²) in [7, 11) is 0. The second kappa shape index (κ2) is 11.7. The number of carboxylic acid groups (broad SMARTS) is 1. The van der Waals surface area contributed by atoms with Gasteiger partial charge in [-0.15, -0.1) is 0 Å². The summed E-state index contributed by atoms with van der Waals surface area (Å²) < 4.78 is 7.60. The molecule has 1 aromatic heterocycles. The third kappa shape index (κ3) is 5.32. The number of nitrogens with zero attached hydrogens (tertiary/aromatic N) is 2. The number of rotatable bonds is 6. The first-order valence-corrected chi connectivity index (χ1v) is 15.4. The Balaban J connectivity index is 1.41. The van der Waals surface area contributed by atoms with Crippen molar-refractivity contribution in [2.75, 3.05) is 26.3 Å². The molecular weight excluding hydrogens is 536 g/mol. The number of hydrogen-bond donors (Lipinski definition) is 1. The molecule has 4 aromatic carbocycles. The van der Waals surface area contributed by atoms with Gasteiger partial charge in [0.05, 0.1) is 30.0 Å². The molecule has 5 aromatic rings. The normalized spacial score (nSPS) is 16.1. The van der Waals surface area contributed by atoms with Gasteiger partial charge in [0.15, 0.2) is 0 Å². The predicted octanol–water partition coefficient (Wildman–Crippen LogP) is 7.73. The first-order chi connectivity index (χ1) is 21.1. The van der Waals surface area contributed by atoms with Crippen molar-refractivity contribution in [2.45, 2.75) is 44.6 Å². The highest BCUT2D eigenvalue weighted by Crippen LogP contribution is 2.45. The van der Waals surface area contributed by atoms with Crippen LogP contribution in [0.5, 0.6) is 0 Å². The Morgan fingerprint density at radius 2 is 1.47 bits per heavy atom. The van der Waals surface area contributed by atoms with Gasteiger partial charge in [0.25, 0.3) is 0 Å². The van der Waals surface area contributed by atoms with Crippen LogP contribution in [0, 0.1) is 0 Å². The van der Waals surface area contributed by atoms with Gasteiger partial charge in [0, 0.05) is 18.5 Å². The maximum absolute atomic E-state index is 13.7. The third-order valence-electron chi connectivity index (χ3n) is 9.24. The zero-order valence-electron chi connectivity index (χ0n) is 24.3. The Labute approximate surface area is 251 Å². The lowest BCUT2D eigenvalue weighted by Gasteiger charge is -2.28. The maximum atomic E-state index is 13.7. The van der Waals surface area contributed by atoms with Gasteiger partial charge in [-0.3, -0.25) is 4.79 Å². The Morgan fingerprint density at radius 1 is 0.767 bits per heavy atom. The highest BCUT2D eigenvalue weighted by Gasteiger charge is 2.29. The van der Waals surface area contributed by atoms with Crippen LogP contribution >= 0.6 is 0 Å². The molecule has 1 N–H and O–H groups in total. The van der Waals surface area contributed by atoms with E-state index in [2.05, 4.69) is 65.2 Å². The van der Waals surface area contributed by atoms with Crippen molar-refractivity contribution in [3.8, 4) is 22.4 Å². The average Bonchev–Trinajstić information content (AvgIpc) is 3.38. The first kappa shape index (κ1) is 27.4. The van der Waals surface area contributed by atoms with E-state index in [0.717, 1.165) is 45.8 Å². The molecule has 1 amide bonds. The van der Waals surface area contributed by atoms with E-state index < -0.39 is 5.97 Å². The monoisotopic (exact) mass is 572 g/mol. The molecule has 1 aliphatic carbocycles. The Hall–Kier alpha value is -4.42. The Morgan fingerprint density at radius 3 is 2.19 bits per heavy atom. The summed E-state index contributed by atoms with van der Waals surface area (Å²) in [6.45, 7) is 2.38. The van der Waals surface area contributed by atoms with Crippen molar-refractivity contribution in [2.24, 2.45) is 0 Å². The summed E-state index contributed by atoms with van der Waals surface area (Å²) in [6, 6.07) is 29.0. The highest BCUT2D eigenvalue weighted by atomic mass is 16.5. The van der Waals surface area contributed by atoms with Gasteiger partial charge in [-0.1, -0.05) is 79.9 Å². The average molecular weight is 573 g/mol. The van der Waals surface area contributed by atoms with Gasteiger partial charge >= 0.3 is 5.97 Å². The van der Waals surface area contributed by atoms with Crippen LogP contribution in [0.15, 0.2) is 84.9 Å². The molecule has 1 aliphatic heterocycles. The number of benzene rings is 4. The van der Waals surface area contributed by atoms with Crippen LogP contribution in [-0.2, 0) is 16.1 Å². The fourth-order valence-electron chi connectivity index (χ4n) is 7.04. The summed E-state index contributed by atoms with van der Waals surface area (Å²) in [5.74, 6) is -0.571. The van der Waals surface area contributed by atoms with Crippen LogP contribution in [0.2, 0.25) is 0 Å². The molecule has 218 valence electrons. The smallest absolute Gasteiger partial charge is 0.335 e. The van der Waals surface area contributed by atoms with E-state index in [1.807, 2.05) is 17.0 Å². The lowest BCUT2D eigenvalue weighted by molar-refractivity contribution is -0.135. The van der Waals surface area contributed by atoms with E-state index in [1.54, 1.807) is 12.1 Å². The number of aromatic carboxylic acids is 1. The number of carboxylic acids is 1. The highest BCUT2D eigenvalue weighted by molar-refractivity contribution is 6.00. The summed E-state index contributed by atoms with van der Waals surface area (Å²) in [6.07, 6.45) is 5.78. The molecule has 2 heterocycles. The van der Waals surface area contributed by atoms with Gasteiger partial charge in [0.1, 0.15) is 6.54 Å². The van der Waals surface area contributed by atoms with Gasteiger partial charge in [0.2, 0.25) is 5.91 Å². The molecule has 0 spiro atoms. The third-order valence-corrected chi connectivity index (χ3v) is 9.24. The molecule has 43 heavy (non-hydrogen) atoms. The molecule has 0 atom stereocenters. The lowest BCUT2D eigenvalue weighted by Crippen LogP contribution is -2.42. The number of ether oxygens (including phenoxy) is 1. The summed E-state index contributed by atoms with van der Waals surface area (Å²) in [5.41, 5.74) is 6.76. The number of hydrogen-bond acceptors (Lipinski definition) is 3. The Kier molecular flexibility index (Phi) is 7.45. The SMILES string of the molecule is O=C(O)c1ccc2c(C3CCCCC3)c(-c3ccc4cc(-c5ccccc5)ccc4c3)n(CC(=O)N3CCOCC3)c2c1. The summed E-state index contributed by atoms with van der Waals surface area (Å²) in [5, 5.41) is 13.2. The van der Waals surface area contributed by atoms with Gasteiger partial charge in [-0.05, 0) is 76.1 Å². The molecule has 1 saturated heterocycles. The van der Waals surface area contributed by atoms with Crippen molar-refractivity contribution >= 4 is 33.6 Å². The number of morpholine rings is 1. The minimum atomic E-state index is -0.963. The van der Waals surface area contributed by atoms with E-state index in [1.165, 1.54) is 36.0 Å². The summed E-state index contributed by atoms with van der Waals surface area (Å²) >= 11 is 0. The molecule has 0 bridgehead atoms. The summed E-state index contributed by atoms with van der Waals surface area (Å²) in [4.78, 5) is 27.7. The second-order valence-corrected chi connectivity index (χ2v) is 11.9. The van der Waals surface area contributed by atoms with E-state index in [9.17, 15) is 14.7 Å². The van der Waals surface area contributed by atoms with Crippen molar-refractivity contribution in [3.63, 3.8) is 0 Å². The van der Waals surface area contributed by atoms with Gasteiger partial charge in [-0.25, -0.2) is 4.79 Å². The van der Waals surface area contributed by atoms with E-state index >= 15 is 0 Å². The fraction of sp³-hybridized carbons (Fsp3) is 0.297. The molecule has 2 aliphatic rings. The number of carbonyl (C=O) groups is 2. The number of fused-ring (bicyclic) bond motifs is 2. The van der Waals surface area contributed by atoms with Crippen LogP contribution in [0.3, 0.4) is 0 Å². The van der Waals surface area contributed by atoms with Crippen LogP contribution in [0.4, 0.5) is 0 Å². The van der Waals surface area contributed by atoms with Gasteiger partial charge < -0.3 is 19.3 Å². The molecule has 6 nitrogen and oxygen atoms in total. The van der Waals surface area contributed by atoms with Crippen LogP contribution in [-0.4, -0.2) is 52.8 Å². The molecule has 6 heteroatoms. The second-order valence-electron chi connectivity index (χ2n) is 11.9. The van der Waals surface area contributed by atoms with Crippen molar-refractivity contribution in [1.82, 2.24) is 9.47 Å². The van der Waals surface area contributed by atoms with E-state index in [4.69, 9.17) is 4.74 Å². The van der Waals surface area contributed by atoms with E-state index in [-0.39, 0.29) is 18.0 Å². The largest absolute Gasteiger partial charge is 0.478 e. The zero-order chi connectivity index (χ0) is 29.3. The molecule has 0 radical (unpaired) electrons. The van der Waals surface area contributed by atoms with Crippen molar-refractivity contribution < 1.29 is 19.4 Å². The minimum absolute atomic E-state index is 0.0330. The quantitative estimate of drug-likeness (QED) is 0.226. The first-order valence-electron chi connectivity index (χ1n) is 15.4. The predicted molar refractivity (Wildman–Crippen MR) is 171 cm³/mol. The maximum Gasteiger partial charge on any atom is 0.335 e. The minimum Gasteiger partial charge on any atom is -0.478 e. The van der Waals surface area contributed by atoms with Crippen molar-refractivity contribution in [3.05, 3.63) is 96.1 Å². The molecule has 2 fully saturated rings. The standard InChI is InChI=1S/C37H36N2O4/c40-34(38-17-19-43-20-18-38)24-39-33-23-31(37(41)42)15-16-32(33)35(26-9-5-2-6-10-26)36(39)30-14-13-28-21-27(11-12-29(28)22-30)25-7-3-1-4-8-25/h1,3-4,7-8,11-16,21-23,26H,2,5-6,9-10,17-20,24H2,(H,41,42). The molecule has 7 rings (SSSR count). The molecule has 0 unspecified atom stereocenters. The number of amides is 1. The number of carbonyl (C=O) groups excluding carboxylic acids is 1. The topological polar surface area (TPSA) is 71.8 Å². The Bertz CT molecular complexity index is 1810. The zero-order valence-corrected chi connectivity index (χ0v) is 24.3. The van der Waals surface area contributed by atoms with E-state index in [0.29, 0.717) is 32.2 Å². The lowest BCUT2D eigenvalue weighted by atomic mass is 9.81. The number of aromatic nitrogens is 1. The molecule has 1 saturated carbocycles.